The van der Waals surface area contributed by atoms with Gasteiger partial charge in [-0.2, -0.15) is 0 Å². The average molecular weight is 551 g/mol. The van der Waals surface area contributed by atoms with Crippen molar-refractivity contribution in [2.75, 3.05) is 32.7 Å². The molecule has 4 rings (SSSR count). The van der Waals surface area contributed by atoms with Crippen LogP contribution in [0, 0.1) is 11.3 Å². The highest BCUT2D eigenvalue weighted by atomic mass is 79.9. The lowest BCUT2D eigenvalue weighted by atomic mass is 9.62. The van der Waals surface area contributed by atoms with Crippen LogP contribution in [0.25, 0.3) is 0 Å². The van der Waals surface area contributed by atoms with Gasteiger partial charge in [-0.1, -0.05) is 39.2 Å². The summed E-state index contributed by atoms with van der Waals surface area (Å²) in [5, 5.41) is 3.28. The van der Waals surface area contributed by atoms with Crippen molar-refractivity contribution in [3.8, 4) is 0 Å². The summed E-state index contributed by atoms with van der Waals surface area (Å²) in [6.45, 7) is 10.1. The lowest BCUT2D eigenvalue weighted by Crippen LogP contribution is -2.49. The lowest BCUT2D eigenvalue weighted by molar-refractivity contribution is 0.0139. The molecule has 2 amide bonds. The van der Waals surface area contributed by atoms with Crippen LogP contribution in [-0.2, 0) is 11.3 Å². The number of nitrogens with zero attached hydrogens (tertiary/aromatic N) is 2. The molecule has 1 heterocycles. The Hall–Kier alpha value is -1.60. The molecule has 0 unspecified atom stereocenters. The number of ether oxygens (including phenoxy) is 1. The summed E-state index contributed by atoms with van der Waals surface area (Å²) in [6.07, 6.45) is 8.90. The van der Waals surface area contributed by atoms with Crippen molar-refractivity contribution in [3.05, 3.63) is 33.8 Å². The smallest absolute Gasteiger partial charge is 0.410 e. The minimum atomic E-state index is -0.474. The summed E-state index contributed by atoms with van der Waals surface area (Å²) in [4.78, 5) is 29.6. The number of piperazine rings is 1. The first-order chi connectivity index (χ1) is 16.1. The Morgan fingerprint density at radius 3 is 2.40 bits per heavy atom. The van der Waals surface area contributed by atoms with E-state index in [1.54, 1.807) is 4.90 Å². The van der Waals surface area contributed by atoms with Gasteiger partial charge >= 0.3 is 6.09 Å². The van der Waals surface area contributed by atoms with E-state index in [2.05, 4.69) is 32.2 Å². The van der Waals surface area contributed by atoms with Crippen LogP contribution in [0.1, 0.15) is 89.1 Å². The number of rotatable bonds is 5. The summed E-state index contributed by atoms with van der Waals surface area (Å²) in [5.74, 6) is 0.885. The summed E-state index contributed by atoms with van der Waals surface area (Å²) >= 11 is 3.59. The number of nitrogens with one attached hydrogen (secondary N) is 1. The van der Waals surface area contributed by atoms with Gasteiger partial charge in [-0.15, -0.1) is 0 Å². The third kappa shape index (κ3) is 7.45. The van der Waals surface area contributed by atoms with E-state index >= 15 is 0 Å². The van der Waals surface area contributed by atoms with Crippen molar-refractivity contribution < 1.29 is 14.3 Å². The predicted octanol–water partition coefficient (Wildman–Crippen LogP) is 6.23. The van der Waals surface area contributed by atoms with Crippen LogP contribution in [0.15, 0.2) is 22.7 Å². The first-order valence-electron chi connectivity index (χ1n) is 12.9. The molecule has 6 nitrogen and oxygen atoms in total. The molecule has 2 aliphatic carbocycles. The molecule has 1 aromatic carbocycles. The van der Waals surface area contributed by atoms with Gasteiger partial charge in [0.05, 0.1) is 5.56 Å². The number of hydrogen-bond acceptors (Lipinski definition) is 4. The van der Waals surface area contributed by atoms with Crippen molar-refractivity contribution in [1.82, 2.24) is 15.1 Å². The average Bonchev–Trinajstić information content (AvgIpc) is 2.78. The van der Waals surface area contributed by atoms with E-state index in [1.807, 2.05) is 32.9 Å². The number of carbonyl (C=O) groups is 2. The normalized spacial score (nSPS) is 24.9. The standard InChI is InChI=1S/C27H40BrN3O3.CH4/c1-26(2,3)34-25(33)31-14-12-30(13-15-31)18-21-8-9-23(28)22(16-21)24(32)29-19-27-10-4-6-20(17-27)7-5-11-27;/h8-9,16,20H,4-7,10-15,17-19H2,1-3H3,(H,29,32);1H4. The fourth-order valence-electron chi connectivity index (χ4n) is 5.95. The van der Waals surface area contributed by atoms with Crippen molar-refractivity contribution in [2.45, 2.75) is 85.3 Å². The monoisotopic (exact) mass is 549 g/mol. The zero-order valence-electron chi connectivity index (χ0n) is 21.0. The molecule has 0 aromatic heterocycles. The van der Waals surface area contributed by atoms with Gasteiger partial charge in [-0.3, -0.25) is 9.69 Å². The second kappa shape index (κ2) is 11.6. The Morgan fingerprint density at radius 2 is 1.77 bits per heavy atom. The zero-order valence-corrected chi connectivity index (χ0v) is 22.6. The minimum Gasteiger partial charge on any atom is -0.444 e. The largest absolute Gasteiger partial charge is 0.444 e. The molecule has 0 atom stereocenters. The highest BCUT2D eigenvalue weighted by Gasteiger charge is 2.39. The van der Waals surface area contributed by atoms with Gasteiger partial charge in [0.2, 0.25) is 0 Å². The molecule has 196 valence electrons. The molecule has 0 radical (unpaired) electrons. The first-order valence-corrected chi connectivity index (χ1v) is 13.7. The number of hydrogen-bond donors (Lipinski definition) is 1. The predicted molar refractivity (Wildman–Crippen MR) is 145 cm³/mol. The molecule has 2 saturated carbocycles. The molecule has 7 heteroatoms. The summed E-state index contributed by atoms with van der Waals surface area (Å²) in [5.41, 5.74) is 1.67. The molecule has 1 aliphatic heterocycles. The van der Waals surface area contributed by atoms with Gasteiger partial charge in [0, 0.05) is 43.7 Å². The van der Waals surface area contributed by atoms with E-state index in [0.717, 1.165) is 42.1 Å². The highest BCUT2D eigenvalue weighted by Crippen LogP contribution is 2.48. The summed E-state index contributed by atoms with van der Waals surface area (Å²) in [7, 11) is 0. The van der Waals surface area contributed by atoms with Crippen LogP contribution in [0.4, 0.5) is 4.79 Å². The van der Waals surface area contributed by atoms with E-state index in [9.17, 15) is 9.59 Å². The van der Waals surface area contributed by atoms with E-state index < -0.39 is 5.60 Å². The van der Waals surface area contributed by atoms with Gasteiger partial charge in [-0.25, -0.2) is 4.79 Å². The topological polar surface area (TPSA) is 61.9 Å². The molecule has 3 fully saturated rings. The maximum Gasteiger partial charge on any atom is 0.410 e. The lowest BCUT2D eigenvalue weighted by Gasteiger charge is -2.45. The Morgan fingerprint density at radius 1 is 1.11 bits per heavy atom. The zero-order chi connectivity index (χ0) is 24.3. The molecular weight excluding hydrogens is 506 g/mol. The highest BCUT2D eigenvalue weighted by molar-refractivity contribution is 9.10. The van der Waals surface area contributed by atoms with Gasteiger partial charge < -0.3 is 15.0 Å². The number of benzene rings is 1. The minimum absolute atomic E-state index is 0. The van der Waals surface area contributed by atoms with Crippen molar-refractivity contribution in [1.29, 1.82) is 0 Å². The van der Waals surface area contributed by atoms with Crippen LogP contribution in [0.2, 0.25) is 0 Å². The van der Waals surface area contributed by atoms with Gasteiger partial charge in [-0.05, 0) is 85.0 Å². The second-order valence-corrected chi connectivity index (χ2v) is 12.4. The van der Waals surface area contributed by atoms with Crippen LogP contribution < -0.4 is 5.32 Å². The Balaban J connectivity index is 0.00000342. The first kappa shape index (κ1) is 28.0. The van der Waals surface area contributed by atoms with Gasteiger partial charge in [0.25, 0.3) is 5.91 Å². The molecule has 35 heavy (non-hydrogen) atoms. The SMILES string of the molecule is C.CC(C)(C)OC(=O)N1CCN(Cc2ccc(Br)c(C(=O)NCC34CCCC(CCC3)C4)c2)CC1. The van der Waals surface area contributed by atoms with E-state index in [1.165, 1.54) is 44.9 Å². The van der Waals surface area contributed by atoms with Gasteiger partial charge in [0.15, 0.2) is 0 Å². The Kier molecular flexibility index (Phi) is 9.30. The van der Waals surface area contributed by atoms with Crippen molar-refractivity contribution >= 4 is 27.9 Å². The molecule has 1 N–H and O–H groups in total. The maximum absolute atomic E-state index is 13.1. The van der Waals surface area contributed by atoms with Crippen LogP contribution in [0.5, 0.6) is 0 Å². The summed E-state index contributed by atoms with van der Waals surface area (Å²) in [6, 6.07) is 6.07. The molecule has 0 spiro atoms. The van der Waals surface area contributed by atoms with Crippen LogP contribution in [-0.4, -0.2) is 60.1 Å². The van der Waals surface area contributed by atoms with E-state index in [4.69, 9.17) is 4.74 Å². The Bertz CT molecular complexity index is 880. The molecule has 3 aliphatic rings. The Labute approximate surface area is 220 Å². The quantitative estimate of drug-likeness (QED) is 0.472. The molecule has 2 bridgehead atoms. The van der Waals surface area contributed by atoms with E-state index in [0.29, 0.717) is 24.1 Å². The molecular formula is C28H44BrN3O3. The summed E-state index contributed by atoms with van der Waals surface area (Å²) < 4.78 is 6.34. The van der Waals surface area contributed by atoms with Crippen molar-refractivity contribution in [3.63, 3.8) is 0 Å². The third-order valence-electron chi connectivity index (χ3n) is 7.69. The fourth-order valence-corrected chi connectivity index (χ4v) is 6.38. The van der Waals surface area contributed by atoms with E-state index in [-0.39, 0.29) is 19.4 Å². The maximum atomic E-state index is 13.1. The number of carbonyl (C=O) groups excluding carboxylic acids is 2. The molecule has 1 aromatic rings. The number of fused-ring (bicyclic) bond motifs is 2. The fraction of sp³-hybridized carbons (Fsp3) is 0.714. The third-order valence-corrected chi connectivity index (χ3v) is 8.38. The second-order valence-electron chi connectivity index (χ2n) is 11.6. The number of amides is 2. The van der Waals surface area contributed by atoms with Crippen LogP contribution in [0.3, 0.4) is 0 Å². The van der Waals surface area contributed by atoms with Gasteiger partial charge in [0.1, 0.15) is 5.60 Å². The number of halogens is 1. The van der Waals surface area contributed by atoms with Crippen molar-refractivity contribution in [2.24, 2.45) is 11.3 Å². The molecule has 1 saturated heterocycles. The van der Waals surface area contributed by atoms with Crippen LogP contribution >= 0.6 is 15.9 Å².